The number of aromatic amines is 1. The molecule has 1 aliphatic heterocycles. The minimum absolute atomic E-state index is 0.0857. The van der Waals surface area contributed by atoms with Crippen LogP contribution in [0.15, 0.2) is 36.4 Å². The largest absolute Gasteiger partial charge is 0.497 e. The molecule has 1 aliphatic rings. The Kier molecular flexibility index (Phi) is 4.00. The maximum absolute atomic E-state index is 13.7. The summed E-state index contributed by atoms with van der Waals surface area (Å²) in [5.74, 6) is 1.08. The smallest absolute Gasteiger partial charge is 0.123 e. The lowest BCUT2D eigenvalue weighted by atomic mass is 9.87. The van der Waals surface area contributed by atoms with Crippen LogP contribution in [0.2, 0.25) is 0 Å². The van der Waals surface area contributed by atoms with Gasteiger partial charge >= 0.3 is 0 Å². The van der Waals surface area contributed by atoms with Gasteiger partial charge in [-0.3, -0.25) is 0 Å². The lowest BCUT2D eigenvalue weighted by Crippen LogP contribution is -2.31. The van der Waals surface area contributed by atoms with Crippen LogP contribution in [0.3, 0.4) is 0 Å². The van der Waals surface area contributed by atoms with Gasteiger partial charge in [-0.2, -0.15) is 0 Å². The van der Waals surface area contributed by atoms with Crippen LogP contribution in [-0.2, 0) is 6.42 Å². The molecule has 2 N–H and O–H groups in total. The van der Waals surface area contributed by atoms with E-state index in [2.05, 4.69) is 36.3 Å². The zero-order valence-electron chi connectivity index (χ0n) is 14.8. The molecule has 4 heteroatoms. The fourth-order valence-corrected chi connectivity index (χ4v) is 3.91. The highest BCUT2D eigenvalue weighted by molar-refractivity contribution is 5.85. The number of H-pyrrole nitrogens is 1. The quantitative estimate of drug-likeness (QED) is 0.728. The lowest BCUT2D eigenvalue weighted by molar-refractivity contribution is 0.413. The lowest BCUT2D eigenvalue weighted by Gasteiger charge is -2.28. The third-order valence-corrected chi connectivity index (χ3v) is 5.14. The zero-order valence-corrected chi connectivity index (χ0v) is 14.8. The molecule has 1 unspecified atom stereocenters. The summed E-state index contributed by atoms with van der Waals surface area (Å²) in [7, 11) is 1.70. The minimum Gasteiger partial charge on any atom is -0.497 e. The third kappa shape index (κ3) is 2.71. The fraction of sp³-hybridized carbons (Fsp3) is 0.333. The average molecular weight is 338 g/mol. The number of ether oxygens (including phenoxy) is 1. The Morgan fingerprint density at radius 3 is 2.76 bits per heavy atom. The molecule has 0 aliphatic carbocycles. The van der Waals surface area contributed by atoms with Gasteiger partial charge in [-0.05, 0) is 59.4 Å². The van der Waals surface area contributed by atoms with Gasteiger partial charge in [0, 0.05) is 23.1 Å². The van der Waals surface area contributed by atoms with Crippen molar-refractivity contribution in [1.82, 2.24) is 10.3 Å². The van der Waals surface area contributed by atoms with E-state index in [1.54, 1.807) is 13.2 Å². The first kappa shape index (κ1) is 16.2. The molecule has 2 heterocycles. The van der Waals surface area contributed by atoms with E-state index in [0.717, 1.165) is 35.3 Å². The second-order valence-electron chi connectivity index (χ2n) is 6.99. The molecule has 0 saturated heterocycles. The number of halogens is 1. The van der Waals surface area contributed by atoms with Crippen LogP contribution in [-0.4, -0.2) is 18.6 Å². The number of methoxy groups -OCH3 is 1. The molecule has 25 heavy (non-hydrogen) atoms. The van der Waals surface area contributed by atoms with Gasteiger partial charge < -0.3 is 15.0 Å². The van der Waals surface area contributed by atoms with Crippen molar-refractivity contribution in [2.45, 2.75) is 32.2 Å². The van der Waals surface area contributed by atoms with Gasteiger partial charge in [-0.25, -0.2) is 4.39 Å². The molecular formula is C21H23FN2O. The Hall–Kier alpha value is -2.33. The SMILES string of the molecule is COc1ccc(C2NCCc3c2[nH]c2ccc(F)cc32)c(C(C)C)c1. The maximum atomic E-state index is 13.7. The summed E-state index contributed by atoms with van der Waals surface area (Å²) in [6, 6.07) is 11.4. The summed E-state index contributed by atoms with van der Waals surface area (Å²) < 4.78 is 19.1. The van der Waals surface area contributed by atoms with Gasteiger partial charge in [0.25, 0.3) is 0 Å². The number of benzene rings is 2. The number of nitrogens with one attached hydrogen (secondary N) is 2. The number of rotatable bonds is 3. The van der Waals surface area contributed by atoms with E-state index in [0.29, 0.717) is 5.92 Å². The van der Waals surface area contributed by atoms with Crippen molar-refractivity contribution < 1.29 is 9.13 Å². The standard InChI is InChI=1S/C21H23FN2O/c1-12(2)17-11-14(25-3)5-6-15(17)20-21-16(8-9-23-20)18-10-13(22)4-7-19(18)24-21/h4-7,10-12,20,23-24H,8-9H2,1-3H3. The fourth-order valence-electron chi connectivity index (χ4n) is 3.91. The molecule has 2 aromatic carbocycles. The first-order chi connectivity index (χ1) is 12.1. The van der Waals surface area contributed by atoms with Crippen LogP contribution in [0.5, 0.6) is 5.75 Å². The van der Waals surface area contributed by atoms with Crippen LogP contribution in [0.25, 0.3) is 10.9 Å². The third-order valence-electron chi connectivity index (χ3n) is 5.14. The molecular weight excluding hydrogens is 315 g/mol. The number of hydrogen-bond donors (Lipinski definition) is 2. The maximum Gasteiger partial charge on any atom is 0.123 e. The van der Waals surface area contributed by atoms with Crippen molar-refractivity contribution in [3.8, 4) is 5.75 Å². The molecule has 0 saturated carbocycles. The molecule has 0 fully saturated rings. The molecule has 0 spiro atoms. The molecule has 4 rings (SSSR count). The van der Waals surface area contributed by atoms with Crippen LogP contribution in [0, 0.1) is 5.82 Å². The number of aromatic nitrogens is 1. The summed E-state index contributed by atoms with van der Waals surface area (Å²) >= 11 is 0. The van der Waals surface area contributed by atoms with Crippen molar-refractivity contribution >= 4 is 10.9 Å². The monoisotopic (exact) mass is 338 g/mol. The Labute approximate surface area is 147 Å². The van der Waals surface area contributed by atoms with Gasteiger partial charge in [0.1, 0.15) is 11.6 Å². The van der Waals surface area contributed by atoms with Crippen molar-refractivity contribution in [2.75, 3.05) is 13.7 Å². The Bertz CT molecular complexity index is 929. The predicted molar refractivity (Wildman–Crippen MR) is 98.9 cm³/mol. The number of hydrogen-bond acceptors (Lipinski definition) is 2. The molecule has 3 nitrogen and oxygen atoms in total. The van der Waals surface area contributed by atoms with Gasteiger partial charge in [-0.15, -0.1) is 0 Å². The molecule has 0 radical (unpaired) electrons. The van der Waals surface area contributed by atoms with E-state index in [9.17, 15) is 4.39 Å². The minimum atomic E-state index is -0.184. The van der Waals surface area contributed by atoms with E-state index in [-0.39, 0.29) is 11.9 Å². The molecule has 130 valence electrons. The van der Waals surface area contributed by atoms with Crippen LogP contribution >= 0.6 is 0 Å². The summed E-state index contributed by atoms with van der Waals surface area (Å²) in [5, 5.41) is 4.64. The van der Waals surface area contributed by atoms with Gasteiger partial charge in [-0.1, -0.05) is 19.9 Å². The highest BCUT2D eigenvalue weighted by atomic mass is 19.1. The second-order valence-corrected chi connectivity index (χ2v) is 6.99. The highest BCUT2D eigenvalue weighted by Gasteiger charge is 2.27. The molecule has 0 amide bonds. The topological polar surface area (TPSA) is 37.0 Å². The first-order valence-electron chi connectivity index (χ1n) is 8.79. The normalized spacial score (nSPS) is 17.1. The Morgan fingerprint density at radius 2 is 2.00 bits per heavy atom. The van der Waals surface area contributed by atoms with Crippen LogP contribution in [0.4, 0.5) is 4.39 Å². The van der Waals surface area contributed by atoms with Crippen molar-refractivity contribution in [3.05, 3.63) is 64.6 Å². The summed E-state index contributed by atoms with van der Waals surface area (Å²) in [4.78, 5) is 3.53. The summed E-state index contributed by atoms with van der Waals surface area (Å²) in [5.41, 5.74) is 5.90. The first-order valence-corrected chi connectivity index (χ1v) is 8.79. The van der Waals surface area contributed by atoms with Crippen molar-refractivity contribution in [2.24, 2.45) is 0 Å². The van der Waals surface area contributed by atoms with E-state index in [1.165, 1.54) is 22.8 Å². The van der Waals surface area contributed by atoms with Crippen molar-refractivity contribution in [1.29, 1.82) is 0 Å². The highest BCUT2D eigenvalue weighted by Crippen LogP contribution is 2.37. The Morgan fingerprint density at radius 1 is 1.16 bits per heavy atom. The summed E-state index contributed by atoms with van der Waals surface area (Å²) in [6.45, 7) is 5.27. The van der Waals surface area contributed by atoms with E-state index >= 15 is 0 Å². The zero-order chi connectivity index (χ0) is 17.6. The molecule has 1 aromatic heterocycles. The van der Waals surface area contributed by atoms with Gasteiger partial charge in [0.15, 0.2) is 0 Å². The van der Waals surface area contributed by atoms with Gasteiger partial charge in [0.2, 0.25) is 0 Å². The van der Waals surface area contributed by atoms with E-state index in [1.807, 2.05) is 12.1 Å². The van der Waals surface area contributed by atoms with Gasteiger partial charge in [0.05, 0.1) is 13.2 Å². The van der Waals surface area contributed by atoms with E-state index < -0.39 is 0 Å². The van der Waals surface area contributed by atoms with E-state index in [4.69, 9.17) is 4.74 Å². The van der Waals surface area contributed by atoms with Crippen LogP contribution in [0.1, 0.15) is 48.2 Å². The second kappa shape index (κ2) is 6.19. The Balaban J connectivity index is 1.88. The molecule has 3 aromatic rings. The molecule has 1 atom stereocenters. The summed E-state index contributed by atoms with van der Waals surface area (Å²) in [6.07, 6.45) is 0.905. The van der Waals surface area contributed by atoms with Crippen molar-refractivity contribution in [3.63, 3.8) is 0 Å². The molecule has 0 bridgehead atoms. The van der Waals surface area contributed by atoms with Crippen LogP contribution < -0.4 is 10.1 Å². The average Bonchev–Trinajstić information content (AvgIpc) is 2.99. The number of fused-ring (bicyclic) bond motifs is 3. The predicted octanol–water partition coefficient (Wildman–Crippen LogP) is 4.67.